The molecule has 0 aromatic heterocycles. The van der Waals surface area contributed by atoms with Crippen molar-refractivity contribution in [1.29, 1.82) is 5.26 Å². The van der Waals surface area contributed by atoms with Gasteiger partial charge in [0.1, 0.15) is 0 Å². The number of rotatable bonds is 6. The van der Waals surface area contributed by atoms with Crippen LogP contribution in [0, 0.1) is 11.3 Å². The zero-order chi connectivity index (χ0) is 20.8. The number of methoxy groups -OCH3 is 2. The molecule has 1 N–H and O–H groups in total. The number of dihydropyridines is 1. The van der Waals surface area contributed by atoms with Crippen molar-refractivity contribution in [2.24, 2.45) is 0 Å². The molecule has 6 nitrogen and oxygen atoms in total. The highest BCUT2D eigenvalue weighted by atomic mass is 35.5. The molecule has 1 aliphatic rings. The summed E-state index contributed by atoms with van der Waals surface area (Å²) in [5.74, 6) is -1.45. The van der Waals surface area contributed by atoms with Crippen LogP contribution < -0.4 is 5.32 Å². The number of carbonyl (C=O) groups excluding carboxylic acids is 2. The highest BCUT2D eigenvalue weighted by Gasteiger charge is 2.39. The molecule has 0 amide bonds. The van der Waals surface area contributed by atoms with Crippen molar-refractivity contribution in [3.8, 4) is 6.07 Å². The van der Waals surface area contributed by atoms with E-state index in [1.54, 1.807) is 25.1 Å². The number of hydrogen-bond acceptors (Lipinski definition) is 7. The molecule has 0 fully saturated rings. The SMILES string of the molecule is COC(=O)C1=C(C)NC(CSCC#N)=C(C(=O)OC)C1c1cccc(Cl)c1Cl. The van der Waals surface area contributed by atoms with Gasteiger partial charge in [0, 0.05) is 17.1 Å². The van der Waals surface area contributed by atoms with Gasteiger partial charge in [-0.2, -0.15) is 5.26 Å². The molecule has 148 valence electrons. The molecule has 0 spiro atoms. The molecule has 1 atom stereocenters. The molecule has 1 heterocycles. The van der Waals surface area contributed by atoms with Crippen molar-refractivity contribution < 1.29 is 19.1 Å². The van der Waals surface area contributed by atoms with Crippen molar-refractivity contribution in [3.63, 3.8) is 0 Å². The molecule has 0 bridgehead atoms. The van der Waals surface area contributed by atoms with E-state index in [2.05, 4.69) is 5.32 Å². The number of allylic oxidation sites excluding steroid dienone is 1. The number of ether oxygens (including phenoxy) is 2. The Kier molecular flexibility index (Phi) is 7.81. The summed E-state index contributed by atoms with van der Waals surface area (Å²) in [7, 11) is 2.52. The first-order valence-electron chi connectivity index (χ1n) is 8.13. The summed E-state index contributed by atoms with van der Waals surface area (Å²) in [6, 6.07) is 7.05. The van der Waals surface area contributed by atoms with Crippen LogP contribution in [0.4, 0.5) is 0 Å². The molecule has 1 aromatic rings. The number of hydrogen-bond donors (Lipinski definition) is 1. The monoisotopic (exact) mass is 440 g/mol. The number of thioether (sulfide) groups is 1. The van der Waals surface area contributed by atoms with Crippen LogP contribution in [0.5, 0.6) is 0 Å². The molecule has 1 aromatic carbocycles. The molecule has 0 aliphatic carbocycles. The standard InChI is InChI=1S/C19H18Cl2N2O4S/c1-10-14(18(24)26-2)15(11-5-4-6-12(20)17(11)21)16(19(25)27-3)13(23-10)9-28-8-7-22/h4-6,15,23H,8-9H2,1-3H3. The van der Waals surface area contributed by atoms with Crippen molar-refractivity contribution in [1.82, 2.24) is 5.32 Å². The Balaban J connectivity index is 2.74. The quantitative estimate of drug-likeness (QED) is 0.531. The molecule has 1 aliphatic heterocycles. The van der Waals surface area contributed by atoms with Gasteiger partial charge in [0.15, 0.2) is 0 Å². The molecule has 28 heavy (non-hydrogen) atoms. The van der Waals surface area contributed by atoms with E-state index in [-0.39, 0.29) is 21.9 Å². The molecular formula is C19H18Cl2N2O4S. The van der Waals surface area contributed by atoms with E-state index in [4.69, 9.17) is 37.9 Å². The fraction of sp³-hybridized carbons (Fsp3) is 0.316. The van der Waals surface area contributed by atoms with E-state index < -0.39 is 17.9 Å². The van der Waals surface area contributed by atoms with Gasteiger partial charge < -0.3 is 14.8 Å². The predicted molar refractivity (Wildman–Crippen MR) is 109 cm³/mol. The van der Waals surface area contributed by atoms with Crippen LogP contribution in [0.25, 0.3) is 0 Å². The predicted octanol–water partition coefficient (Wildman–Crippen LogP) is 3.81. The summed E-state index contributed by atoms with van der Waals surface area (Å²) in [6.07, 6.45) is 0. The molecule has 9 heteroatoms. The Labute approximate surface area is 177 Å². The molecule has 0 saturated heterocycles. The van der Waals surface area contributed by atoms with Crippen LogP contribution in [-0.2, 0) is 19.1 Å². The number of nitrogens with one attached hydrogen (secondary N) is 1. The van der Waals surface area contributed by atoms with Crippen LogP contribution >= 0.6 is 35.0 Å². The highest BCUT2D eigenvalue weighted by molar-refractivity contribution is 7.99. The van der Waals surface area contributed by atoms with Crippen LogP contribution in [0.3, 0.4) is 0 Å². The Morgan fingerprint density at radius 3 is 2.46 bits per heavy atom. The van der Waals surface area contributed by atoms with E-state index in [9.17, 15) is 9.59 Å². The van der Waals surface area contributed by atoms with Gasteiger partial charge in [0.2, 0.25) is 0 Å². The van der Waals surface area contributed by atoms with Gasteiger partial charge in [-0.1, -0.05) is 35.3 Å². The number of nitrogens with zero attached hydrogens (tertiary/aromatic N) is 1. The lowest BCUT2D eigenvalue weighted by Crippen LogP contribution is -2.33. The third-order valence-corrected chi connectivity index (χ3v) is 5.82. The minimum atomic E-state index is -0.829. The van der Waals surface area contributed by atoms with Crippen LogP contribution in [-0.4, -0.2) is 37.7 Å². The number of nitriles is 1. The largest absolute Gasteiger partial charge is 0.466 e. The van der Waals surface area contributed by atoms with Crippen LogP contribution in [0.15, 0.2) is 40.7 Å². The Hall–Kier alpha value is -2.14. The highest BCUT2D eigenvalue weighted by Crippen LogP contribution is 2.43. The topological polar surface area (TPSA) is 88.4 Å². The van der Waals surface area contributed by atoms with Crippen molar-refractivity contribution >= 4 is 46.9 Å². The number of esters is 2. The van der Waals surface area contributed by atoms with E-state index in [0.717, 1.165) is 0 Å². The zero-order valence-corrected chi connectivity index (χ0v) is 17.8. The van der Waals surface area contributed by atoms with Gasteiger partial charge >= 0.3 is 11.9 Å². The molecule has 0 saturated carbocycles. The lowest BCUT2D eigenvalue weighted by Gasteiger charge is -2.31. The van der Waals surface area contributed by atoms with E-state index in [0.29, 0.717) is 27.7 Å². The first-order valence-corrected chi connectivity index (χ1v) is 10.0. The van der Waals surface area contributed by atoms with Crippen molar-refractivity contribution in [2.45, 2.75) is 12.8 Å². The lowest BCUT2D eigenvalue weighted by atomic mass is 9.80. The molecule has 0 radical (unpaired) electrons. The number of benzene rings is 1. The van der Waals surface area contributed by atoms with Gasteiger partial charge in [-0.15, -0.1) is 11.8 Å². The summed E-state index contributed by atoms with van der Waals surface area (Å²) in [5.41, 5.74) is 2.01. The van der Waals surface area contributed by atoms with Gasteiger partial charge in [0.05, 0.1) is 53.2 Å². The van der Waals surface area contributed by atoms with Crippen molar-refractivity contribution in [2.75, 3.05) is 25.7 Å². The van der Waals surface area contributed by atoms with E-state index >= 15 is 0 Å². The third-order valence-electron chi connectivity index (χ3n) is 4.16. The maximum atomic E-state index is 12.7. The number of halogens is 2. The average molecular weight is 441 g/mol. The minimum Gasteiger partial charge on any atom is -0.466 e. The number of carbonyl (C=O) groups is 2. The smallest absolute Gasteiger partial charge is 0.336 e. The first kappa shape index (κ1) is 22.2. The van der Waals surface area contributed by atoms with Gasteiger partial charge in [-0.3, -0.25) is 0 Å². The summed E-state index contributed by atoms with van der Waals surface area (Å²) in [5, 5.41) is 12.4. The van der Waals surface area contributed by atoms with Crippen molar-refractivity contribution in [3.05, 3.63) is 56.3 Å². The van der Waals surface area contributed by atoms with Gasteiger partial charge in [-0.05, 0) is 18.6 Å². The molecular weight excluding hydrogens is 423 g/mol. The summed E-state index contributed by atoms with van der Waals surface area (Å²) < 4.78 is 9.92. The van der Waals surface area contributed by atoms with E-state index in [1.165, 1.54) is 26.0 Å². The van der Waals surface area contributed by atoms with Gasteiger partial charge in [0.25, 0.3) is 0 Å². The zero-order valence-electron chi connectivity index (χ0n) is 15.5. The van der Waals surface area contributed by atoms with Gasteiger partial charge in [-0.25, -0.2) is 9.59 Å². The first-order chi connectivity index (χ1) is 13.4. The summed E-state index contributed by atoms with van der Waals surface area (Å²) >= 11 is 13.9. The fourth-order valence-corrected chi connectivity index (χ4v) is 4.04. The van der Waals surface area contributed by atoms with Crippen LogP contribution in [0.1, 0.15) is 18.4 Å². The normalized spacial score (nSPS) is 16.4. The maximum Gasteiger partial charge on any atom is 0.336 e. The summed E-state index contributed by atoms with van der Waals surface area (Å²) in [6.45, 7) is 1.71. The average Bonchev–Trinajstić information content (AvgIpc) is 2.68. The van der Waals surface area contributed by atoms with Crippen LogP contribution in [0.2, 0.25) is 10.0 Å². The summed E-state index contributed by atoms with van der Waals surface area (Å²) in [4.78, 5) is 25.3. The molecule has 1 unspecified atom stereocenters. The van der Waals surface area contributed by atoms with E-state index in [1.807, 2.05) is 6.07 Å². The second-order valence-corrected chi connectivity index (χ2v) is 7.54. The third kappa shape index (κ3) is 4.46. The second kappa shape index (κ2) is 9.87. The lowest BCUT2D eigenvalue weighted by molar-refractivity contribution is -0.137. The fourth-order valence-electron chi connectivity index (χ4n) is 2.99. The second-order valence-electron chi connectivity index (χ2n) is 5.77. The Morgan fingerprint density at radius 1 is 1.21 bits per heavy atom. The molecule has 2 rings (SSSR count). The maximum absolute atomic E-state index is 12.7. The minimum absolute atomic E-state index is 0.225. The Morgan fingerprint density at radius 2 is 1.86 bits per heavy atom. The Bertz CT molecular complexity index is 906.